The van der Waals surface area contributed by atoms with Gasteiger partial charge in [-0.15, -0.1) is 0 Å². The van der Waals surface area contributed by atoms with Crippen LogP contribution in [0.1, 0.15) is 65.3 Å². The fraction of sp³-hybridized carbons (Fsp3) is 0.720. The minimum absolute atomic E-state index is 0.107. The third-order valence-corrected chi connectivity index (χ3v) is 6.90. The molecule has 1 aromatic heterocycles. The molecule has 1 fully saturated rings. The number of rotatable bonds is 10. The van der Waals surface area contributed by atoms with Gasteiger partial charge >= 0.3 is 0 Å². The van der Waals surface area contributed by atoms with E-state index in [2.05, 4.69) is 62.7 Å². The van der Waals surface area contributed by atoms with E-state index in [0.29, 0.717) is 12.0 Å². The number of nitrogens with zero attached hydrogens (tertiary/aromatic N) is 2. The van der Waals surface area contributed by atoms with E-state index in [9.17, 15) is 15.3 Å². The highest BCUT2D eigenvalue weighted by Gasteiger charge is 2.37. The minimum atomic E-state index is -1.34. The van der Waals surface area contributed by atoms with Crippen LogP contribution in [0.2, 0.25) is 0 Å². The molecule has 0 spiro atoms. The van der Waals surface area contributed by atoms with Crippen LogP contribution in [0.3, 0.4) is 0 Å². The van der Waals surface area contributed by atoms with Crippen molar-refractivity contribution < 1.29 is 20.4 Å². The van der Waals surface area contributed by atoms with Gasteiger partial charge in [-0.05, 0) is 62.1 Å². The summed E-state index contributed by atoms with van der Waals surface area (Å²) in [5.41, 5.74) is 3.51. The molecule has 1 aliphatic carbocycles. The minimum Gasteiger partial charge on any atom is -0.394 e. The number of fused-ring (bicyclic) bond motifs is 1. The molecule has 1 aromatic carbocycles. The van der Waals surface area contributed by atoms with E-state index in [4.69, 9.17) is 10.1 Å². The van der Waals surface area contributed by atoms with Gasteiger partial charge in [0.15, 0.2) is 0 Å². The number of hydrogen-bond donors (Lipinski definition) is 5. The van der Waals surface area contributed by atoms with E-state index in [1.165, 1.54) is 5.56 Å². The van der Waals surface area contributed by atoms with E-state index in [1.54, 1.807) is 0 Å². The van der Waals surface area contributed by atoms with Gasteiger partial charge in [0.2, 0.25) is 0 Å². The molecule has 3 unspecified atom stereocenters. The zero-order valence-corrected chi connectivity index (χ0v) is 20.1. The van der Waals surface area contributed by atoms with Crippen molar-refractivity contribution in [2.75, 3.05) is 13.2 Å². The molecule has 2 aromatic rings. The van der Waals surface area contributed by atoms with Gasteiger partial charge in [-0.2, -0.15) is 0 Å². The summed E-state index contributed by atoms with van der Waals surface area (Å²) < 4.78 is 0. The molecule has 32 heavy (non-hydrogen) atoms. The fourth-order valence-electron chi connectivity index (χ4n) is 4.66. The molecule has 1 heterocycles. The Hall–Kier alpha value is -1.51. The lowest BCUT2D eigenvalue weighted by molar-refractivity contribution is -0.0950. The Kier molecular flexibility index (Phi) is 7.99. The Labute approximate surface area is 191 Å². The third-order valence-electron chi connectivity index (χ3n) is 6.90. The Morgan fingerprint density at radius 3 is 2.41 bits per heavy atom. The largest absolute Gasteiger partial charge is 0.394 e. The van der Waals surface area contributed by atoms with E-state index in [0.717, 1.165) is 42.5 Å². The summed E-state index contributed by atoms with van der Waals surface area (Å²) in [4.78, 5) is 10.5. The highest BCUT2D eigenvalue weighted by atomic mass is 16.4. The molecule has 0 amide bonds. The van der Waals surface area contributed by atoms with Crippen molar-refractivity contribution in [1.82, 2.24) is 14.9 Å². The summed E-state index contributed by atoms with van der Waals surface area (Å²) in [5, 5.41) is 38.9. The van der Waals surface area contributed by atoms with E-state index < -0.39 is 24.9 Å². The zero-order valence-electron chi connectivity index (χ0n) is 20.1. The predicted octanol–water partition coefficient (Wildman–Crippen LogP) is 2.36. The smallest absolute Gasteiger partial charge is 0.109 e. The molecule has 0 bridgehead atoms. The molecule has 3 atom stereocenters. The van der Waals surface area contributed by atoms with Crippen molar-refractivity contribution in [3.8, 4) is 0 Å². The first-order valence-corrected chi connectivity index (χ1v) is 11.9. The molecule has 0 radical (unpaired) electrons. The third kappa shape index (κ3) is 5.88. The molecule has 0 saturated heterocycles. The van der Waals surface area contributed by atoms with Gasteiger partial charge in [0.1, 0.15) is 18.0 Å². The Morgan fingerprint density at radius 2 is 1.81 bits per heavy atom. The van der Waals surface area contributed by atoms with Crippen LogP contribution < -0.4 is 0 Å². The summed E-state index contributed by atoms with van der Waals surface area (Å²) in [6, 6.07) is 7.06. The molecule has 1 aliphatic rings. The summed E-state index contributed by atoms with van der Waals surface area (Å²) in [7, 11) is 0. The number of aliphatic hydroxyl groups is 4. The van der Waals surface area contributed by atoms with Crippen molar-refractivity contribution in [1.29, 1.82) is 0 Å². The summed E-state index contributed by atoms with van der Waals surface area (Å²) >= 11 is 0. The molecule has 1 saturated carbocycles. The van der Waals surface area contributed by atoms with E-state index in [-0.39, 0.29) is 18.0 Å². The van der Waals surface area contributed by atoms with Crippen LogP contribution in [0.25, 0.3) is 11.0 Å². The molecule has 3 rings (SSSR count). The maximum absolute atomic E-state index is 10.3. The summed E-state index contributed by atoms with van der Waals surface area (Å²) in [6.07, 6.45) is 0.342. The first-order chi connectivity index (χ1) is 15.0. The van der Waals surface area contributed by atoms with Gasteiger partial charge in [-0.3, -0.25) is 4.90 Å². The SMILES string of the molecule is CC(C)N(CC(O)C(O)C(O)CO)C1CC(CCc2nc3cc(C(C)(C)C)ccc3[nH]2)C1. The zero-order chi connectivity index (χ0) is 23.6. The van der Waals surface area contributed by atoms with Crippen LogP contribution in [0.5, 0.6) is 0 Å². The maximum Gasteiger partial charge on any atom is 0.109 e. The monoisotopic (exact) mass is 447 g/mol. The molecule has 180 valence electrons. The molecule has 7 nitrogen and oxygen atoms in total. The van der Waals surface area contributed by atoms with Crippen LogP contribution in [0, 0.1) is 5.92 Å². The number of aromatic amines is 1. The molecule has 5 N–H and O–H groups in total. The normalized spacial score (nSPS) is 22.3. The first kappa shape index (κ1) is 25.1. The summed E-state index contributed by atoms with van der Waals surface area (Å²) in [5.74, 6) is 1.65. The van der Waals surface area contributed by atoms with Gasteiger partial charge < -0.3 is 25.4 Å². The highest BCUT2D eigenvalue weighted by Crippen LogP contribution is 2.36. The highest BCUT2D eigenvalue weighted by molar-refractivity contribution is 5.76. The average Bonchev–Trinajstić information content (AvgIpc) is 3.11. The lowest BCUT2D eigenvalue weighted by Gasteiger charge is -2.46. The number of nitrogens with one attached hydrogen (secondary N) is 1. The van der Waals surface area contributed by atoms with Crippen LogP contribution in [-0.4, -0.2) is 78.8 Å². The maximum atomic E-state index is 10.3. The number of aryl methyl sites for hydroxylation is 1. The molecule has 7 heteroatoms. The van der Waals surface area contributed by atoms with Crippen LogP contribution >= 0.6 is 0 Å². The first-order valence-electron chi connectivity index (χ1n) is 11.9. The van der Waals surface area contributed by atoms with Gasteiger partial charge in [0.25, 0.3) is 0 Å². The number of aliphatic hydroxyl groups excluding tert-OH is 4. The number of H-pyrrole nitrogens is 1. The average molecular weight is 448 g/mol. The quantitative estimate of drug-likeness (QED) is 0.382. The van der Waals surface area contributed by atoms with Crippen LogP contribution in [0.15, 0.2) is 18.2 Å². The fourth-order valence-corrected chi connectivity index (χ4v) is 4.66. The van der Waals surface area contributed by atoms with Gasteiger partial charge in [0, 0.05) is 25.0 Å². The summed E-state index contributed by atoms with van der Waals surface area (Å²) in [6.45, 7) is 10.5. The number of hydrogen-bond acceptors (Lipinski definition) is 6. The molecular weight excluding hydrogens is 406 g/mol. The lowest BCUT2D eigenvalue weighted by Crippen LogP contribution is -2.54. The Bertz CT molecular complexity index is 870. The second-order valence-electron chi connectivity index (χ2n) is 10.8. The van der Waals surface area contributed by atoms with Crippen LogP contribution in [-0.2, 0) is 11.8 Å². The second kappa shape index (κ2) is 10.2. The number of imidazole rings is 1. The second-order valence-corrected chi connectivity index (χ2v) is 10.8. The van der Waals surface area contributed by atoms with Crippen molar-refractivity contribution in [2.45, 2.75) is 96.1 Å². The lowest BCUT2D eigenvalue weighted by atomic mass is 9.76. The van der Waals surface area contributed by atoms with Crippen LogP contribution in [0.4, 0.5) is 0 Å². The van der Waals surface area contributed by atoms with Gasteiger partial charge in [0.05, 0.1) is 23.7 Å². The van der Waals surface area contributed by atoms with Crippen molar-refractivity contribution >= 4 is 11.0 Å². The van der Waals surface area contributed by atoms with E-state index in [1.807, 2.05) is 0 Å². The molecule has 0 aliphatic heterocycles. The number of benzene rings is 1. The number of aromatic nitrogens is 2. The Balaban J connectivity index is 1.51. The van der Waals surface area contributed by atoms with Gasteiger partial charge in [-0.25, -0.2) is 4.98 Å². The Morgan fingerprint density at radius 1 is 1.12 bits per heavy atom. The molecular formula is C25H41N3O4. The standard InChI is InChI=1S/C25H41N3O4/c1-15(2)28(13-21(30)24(32)22(31)14-29)18-10-16(11-18)6-9-23-26-19-8-7-17(25(3,4)5)12-20(19)27-23/h7-8,12,15-16,18,21-22,24,29-32H,6,9-11,13-14H2,1-5H3,(H,26,27). The topological polar surface area (TPSA) is 113 Å². The van der Waals surface area contributed by atoms with Gasteiger partial charge in [-0.1, -0.05) is 26.8 Å². The van der Waals surface area contributed by atoms with Crippen molar-refractivity contribution in [2.24, 2.45) is 5.92 Å². The van der Waals surface area contributed by atoms with Crippen molar-refractivity contribution in [3.63, 3.8) is 0 Å². The predicted molar refractivity (Wildman–Crippen MR) is 127 cm³/mol. The van der Waals surface area contributed by atoms with Crippen molar-refractivity contribution in [3.05, 3.63) is 29.6 Å². The van der Waals surface area contributed by atoms with E-state index >= 15 is 0 Å².